The quantitative estimate of drug-likeness (QED) is 0.319. The van der Waals surface area contributed by atoms with Crippen molar-refractivity contribution in [1.29, 1.82) is 0 Å². The Labute approximate surface area is 171 Å². The van der Waals surface area contributed by atoms with Gasteiger partial charge >= 0.3 is 172 Å². The van der Waals surface area contributed by atoms with E-state index in [-0.39, 0.29) is 0 Å². The Kier molecular flexibility index (Phi) is 5.70. The topological polar surface area (TPSA) is 6.48 Å². The van der Waals surface area contributed by atoms with Gasteiger partial charge < -0.3 is 0 Å². The minimum atomic E-state index is -0.555. The molecule has 0 saturated heterocycles. The zero-order valence-electron chi connectivity index (χ0n) is 14.8. The molecule has 0 radical (unpaired) electrons. The molecule has 4 aromatic rings. The van der Waals surface area contributed by atoms with Crippen molar-refractivity contribution in [1.82, 2.24) is 0 Å². The van der Waals surface area contributed by atoms with Crippen LogP contribution in [0.2, 0.25) is 0 Å². The SMILES string of the molecule is c1ccc(N([I-]N(c2ccccc2)c2ccccc2)c2ccccc2)cc1. The van der Waals surface area contributed by atoms with Gasteiger partial charge in [-0.3, -0.25) is 0 Å². The van der Waals surface area contributed by atoms with Gasteiger partial charge in [0.05, 0.1) is 0 Å². The van der Waals surface area contributed by atoms with Gasteiger partial charge in [0, 0.05) is 0 Å². The van der Waals surface area contributed by atoms with Gasteiger partial charge in [-0.2, -0.15) is 0 Å². The number of benzene rings is 4. The van der Waals surface area contributed by atoms with Crippen molar-refractivity contribution in [3.05, 3.63) is 121 Å². The van der Waals surface area contributed by atoms with Crippen LogP contribution in [0.5, 0.6) is 0 Å². The summed E-state index contributed by atoms with van der Waals surface area (Å²) in [6, 6.07) is 42.5. The monoisotopic (exact) mass is 463 g/mol. The molecule has 3 heteroatoms. The fourth-order valence-electron chi connectivity index (χ4n) is 2.78. The summed E-state index contributed by atoms with van der Waals surface area (Å²) in [5, 5.41) is 0. The Balaban J connectivity index is 1.77. The second-order valence-corrected chi connectivity index (χ2v) is 8.34. The Morgan fingerprint density at radius 2 is 0.556 bits per heavy atom. The van der Waals surface area contributed by atoms with E-state index in [1.165, 1.54) is 22.7 Å². The molecule has 0 aliphatic heterocycles. The van der Waals surface area contributed by atoms with Crippen molar-refractivity contribution >= 4 is 22.7 Å². The number of anilines is 4. The molecule has 0 heterocycles. The Morgan fingerprint density at radius 3 is 0.778 bits per heavy atom. The normalized spacial score (nSPS) is 10.5. The molecule has 0 aliphatic rings. The van der Waals surface area contributed by atoms with Crippen LogP contribution in [0.3, 0.4) is 0 Å². The summed E-state index contributed by atoms with van der Waals surface area (Å²) in [7, 11) is 0. The molecule has 0 unspecified atom stereocenters. The molecule has 0 bridgehead atoms. The van der Waals surface area contributed by atoms with Gasteiger partial charge in [-0.05, 0) is 0 Å². The van der Waals surface area contributed by atoms with Crippen molar-refractivity contribution in [2.45, 2.75) is 0 Å². The molecular weight excluding hydrogens is 443 g/mol. The van der Waals surface area contributed by atoms with Crippen molar-refractivity contribution in [3.63, 3.8) is 0 Å². The third-order valence-electron chi connectivity index (χ3n) is 4.08. The molecule has 0 amide bonds. The maximum absolute atomic E-state index is 2.44. The summed E-state index contributed by atoms with van der Waals surface area (Å²) in [6.07, 6.45) is 0. The van der Waals surface area contributed by atoms with Crippen LogP contribution in [0, 0.1) is 0 Å². The predicted octanol–water partition coefficient (Wildman–Crippen LogP) is 3.58. The van der Waals surface area contributed by atoms with Crippen LogP contribution < -0.4 is 28.0 Å². The second kappa shape index (κ2) is 8.73. The van der Waals surface area contributed by atoms with Crippen molar-refractivity contribution in [2.75, 3.05) is 6.23 Å². The number of rotatable bonds is 6. The summed E-state index contributed by atoms with van der Waals surface area (Å²) in [5.41, 5.74) is 4.86. The molecule has 0 atom stereocenters. The van der Waals surface area contributed by atoms with Gasteiger partial charge in [-0.15, -0.1) is 0 Å². The molecule has 0 fully saturated rings. The Hall–Kier alpha value is -2.79. The van der Waals surface area contributed by atoms with Crippen LogP contribution in [0.15, 0.2) is 121 Å². The Morgan fingerprint density at radius 1 is 0.333 bits per heavy atom. The van der Waals surface area contributed by atoms with Gasteiger partial charge in [0.2, 0.25) is 0 Å². The van der Waals surface area contributed by atoms with Crippen LogP contribution in [0.1, 0.15) is 0 Å². The van der Waals surface area contributed by atoms with E-state index in [9.17, 15) is 0 Å². The zero-order chi connectivity index (χ0) is 18.3. The molecule has 2 nitrogen and oxygen atoms in total. The van der Waals surface area contributed by atoms with Gasteiger partial charge in [-0.1, -0.05) is 0 Å². The number of hydrogen-bond acceptors (Lipinski definition) is 2. The molecule has 0 N–H and O–H groups in total. The Bertz CT molecular complexity index is 785. The summed E-state index contributed by atoms with van der Waals surface area (Å²) >= 11 is -0.555. The van der Waals surface area contributed by atoms with E-state index in [1.54, 1.807) is 0 Å². The van der Waals surface area contributed by atoms with E-state index >= 15 is 0 Å². The summed E-state index contributed by atoms with van der Waals surface area (Å²) in [4.78, 5) is 0. The van der Waals surface area contributed by atoms with Gasteiger partial charge in [-0.25, -0.2) is 0 Å². The van der Waals surface area contributed by atoms with Crippen LogP contribution in [-0.2, 0) is 0 Å². The minimum absolute atomic E-state index is 0.555. The first kappa shape index (κ1) is 17.6. The summed E-state index contributed by atoms with van der Waals surface area (Å²) in [5.74, 6) is 0. The third-order valence-corrected chi connectivity index (χ3v) is 7.17. The van der Waals surface area contributed by atoms with E-state index in [0.29, 0.717) is 0 Å². The van der Waals surface area contributed by atoms with E-state index in [0.717, 1.165) is 0 Å². The van der Waals surface area contributed by atoms with Crippen molar-refractivity contribution in [2.24, 2.45) is 0 Å². The first-order valence-electron chi connectivity index (χ1n) is 8.88. The first-order chi connectivity index (χ1) is 13.4. The second-order valence-electron chi connectivity index (χ2n) is 5.98. The molecule has 0 spiro atoms. The van der Waals surface area contributed by atoms with Gasteiger partial charge in [0.25, 0.3) is 0 Å². The van der Waals surface area contributed by atoms with Crippen molar-refractivity contribution < 1.29 is 21.8 Å². The number of halogens is 1. The van der Waals surface area contributed by atoms with E-state index in [4.69, 9.17) is 0 Å². The molecule has 134 valence electrons. The average molecular weight is 463 g/mol. The molecule has 27 heavy (non-hydrogen) atoms. The van der Waals surface area contributed by atoms with E-state index in [2.05, 4.69) is 128 Å². The van der Waals surface area contributed by atoms with E-state index in [1.807, 2.05) is 0 Å². The van der Waals surface area contributed by atoms with Gasteiger partial charge in [0.1, 0.15) is 0 Å². The maximum atomic E-state index is 2.44. The van der Waals surface area contributed by atoms with Crippen molar-refractivity contribution in [3.8, 4) is 0 Å². The van der Waals surface area contributed by atoms with Crippen LogP contribution in [0.4, 0.5) is 22.7 Å². The van der Waals surface area contributed by atoms with Gasteiger partial charge in [0.15, 0.2) is 0 Å². The zero-order valence-corrected chi connectivity index (χ0v) is 17.0. The van der Waals surface area contributed by atoms with E-state index < -0.39 is 21.8 Å². The fourth-order valence-corrected chi connectivity index (χ4v) is 5.50. The van der Waals surface area contributed by atoms with Crippen LogP contribution >= 0.6 is 0 Å². The fraction of sp³-hybridized carbons (Fsp3) is 0. The molecule has 0 aliphatic carbocycles. The number of hydrogen-bond donors (Lipinski definition) is 0. The molecule has 0 aromatic heterocycles. The number of nitrogens with zero attached hydrogens (tertiary/aromatic N) is 2. The first-order valence-corrected chi connectivity index (χ1v) is 10.8. The molecule has 0 saturated carbocycles. The summed E-state index contributed by atoms with van der Waals surface area (Å²) < 4.78 is 4.89. The standard InChI is InChI=1S/C24H20IN2/c1-5-13-21(14-6-1)26(22-15-7-2-8-16-22)25-27(23-17-9-3-10-18-23)24-19-11-4-12-20-24/h1-20H/q-1. The molecule has 4 rings (SSSR count). The number of para-hydroxylation sites is 4. The summed E-state index contributed by atoms with van der Waals surface area (Å²) in [6.45, 7) is 0. The molecule has 4 aromatic carbocycles. The molecular formula is C24H20IN2-. The third kappa shape index (κ3) is 4.31. The average Bonchev–Trinajstić information content (AvgIpc) is 2.77. The van der Waals surface area contributed by atoms with Crippen LogP contribution in [0.25, 0.3) is 0 Å². The predicted molar refractivity (Wildman–Crippen MR) is 110 cm³/mol. The van der Waals surface area contributed by atoms with Crippen LogP contribution in [-0.4, -0.2) is 0 Å².